The van der Waals surface area contributed by atoms with Gasteiger partial charge in [0.15, 0.2) is 0 Å². The molecule has 0 aliphatic rings. The summed E-state index contributed by atoms with van der Waals surface area (Å²) < 4.78 is 0. The third kappa shape index (κ3) is 5.30. The molecule has 2 amide bonds. The van der Waals surface area contributed by atoms with Crippen LogP contribution < -0.4 is 10.2 Å². The zero-order valence-electron chi connectivity index (χ0n) is 11.4. The molecule has 104 valence electrons. The van der Waals surface area contributed by atoms with E-state index in [4.69, 9.17) is 11.6 Å². The Morgan fingerprint density at radius 1 is 1.37 bits per heavy atom. The van der Waals surface area contributed by atoms with Crippen molar-refractivity contribution in [1.29, 1.82) is 0 Å². The number of hydrogen-bond acceptors (Lipinski definition) is 2. The standard InChI is InChI=1S/C14H19ClN2O2/c1-10(2)16-14(19)7-8-17(11(3)18)13-6-4-5-12(15)9-13/h4-6,9-10H,7-8H2,1-3H3,(H,16,19). The van der Waals surface area contributed by atoms with Gasteiger partial charge in [0, 0.05) is 36.6 Å². The molecule has 0 unspecified atom stereocenters. The average Bonchev–Trinajstić information content (AvgIpc) is 2.27. The van der Waals surface area contributed by atoms with Crippen molar-refractivity contribution in [1.82, 2.24) is 5.32 Å². The summed E-state index contributed by atoms with van der Waals surface area (Å²) in [6, 6.07) is 7.14. The Kier molecular flexibility index (Phi) is 5.83. The molecule has 0 aliphatic carbocycles. The smallest absolute Gasteiger partial charge is 0.223 e. The van der Waals surface area contributed by atoms with E-state index in [1.54, 1.807) is 29.2 Å². The van der Waals surface area contributed by atoms with Crippen molar-refractivity contribution in [2.45, 2.75) is 33.2 Å². The van der Waals surface area contributed by atoms with E-state index in [0.29, 0.717) is 17.3 Å². The average molecular weight is 283 g/mol. The summed E-state index contributed by atoms with van der Waals surface area (Å²) in [7, 11) is 0. The lowest BCUT2D eigenvalue weighted by Gasteiger charge is -2.21. The summed E-state index contributed by atoms with van der Waals surface area (Å²) in [4.78, 5) is 24.8. The highest BCUT2D eigenvalue weighted by Crippen LogP contribution is 2.19. The maximum atomic E-state index is 11.6. The van der Waals surface area contributed by atoms with Gasteiger partial charge < -0.3 is 10.2 Å². The zero-order valence-corrected chi connectivity index (χ0v) is 12.2. The van der Waals surface area contributed by atoms with Crippen molar-refractivity contribution >= 4 is 29.1 Å². The molecule has 0 saturated carbocycles. The maximum absolute atomic E-state index is 11.6. The van der Waals surface area contributed by atoms with Gasteiger partial charge in [-0.3, -0.25) is 9.59 Å². The molecule has 0 saturated heterocycles. The van der Waals surface area contributed by atoms with Gasteiger partial charge in [-0.05, 0) is 32.0 Å². The van der Waals surface area contributed by atoms with Crippen molar-refractivity contribution in [3.8, 4) is 0 Å². The van der Waals surface area contributed by atoms with Gasteiger partial charge in [0.25, 0.3) is 0 Å². The van der Waals surface area contributed by atoms with Gasteiger partial charge in [-0.1, -0.05) is 17.7 Å². The molecule has 1 aromatic carbocycles. The first kappa shape index (κ1) is 15.5. The zero-order chi connectivity index (χ0) is 14.4. The Morgan fingerprint density at radius 3 is 2.58 bits per heavy atom. The molecule has 1 aromatic rings. The fraction of sp³-hybridized carbons (Fsp3) is 0.429. The van der Waals surface area contributed by atoms with Crippen LogP contribution in [0.15, 0.2) is 24.3 Å². The van der Waals surface area contributed by atoms with Crippen molar-refractivity contribution in [2.75, 3.05) is 11.4 Å². The van der Waals surface area contributed by atoms with Gasteiger partial charge in [0.05, 0.1) is 0 Å². The number of benzene rings is 1. The third-order valence-electron chi connectivity index (χ3n) is 2.51. The molecule has 0 bridgehead atoms. The number of carbonyl (C=O) groups excluding carboxylic acids is 2. The Balaban J connectivity index is 2.69. The van der Waals surface area contributed by atoms with Gasteiger partial charge in [-0.2, -0.15) is 0 Å². The molecule has 5 heteroatoms. The van der Waals surface area contributed by atoms with E-state index in [1.807, 2.05) is 13.8 Å². The topological polar surface area (TPSA) is 49.4 Å². The van der Waals surface area contributed by atoms with E-state index >= 15 is 0 Å². The number of nitrogens with zero attached hydrogens (tertiary/aromatic N) is 1. The second kappa shape index (κ2) is 7.14. The summed E-state index contributed by atoms with van der Waals surface area (Å²) >= 11 is 5.91. The number of anilines is 1. The van der Waals surface area contributed by atoms with Crippen LogP contribution in [0.1, 0.15) is 27.2 Å². The number of carbonyl (C=O) groups is 2. The van der Waals surface area contributed by atoms with Gasteiger partial charge in [-0.25, -0.2) is 0 Å². The molecule has 0 radical (unpaired) electrons. The van der Waals surface area contributed by atoms with Crippen LogP contribution in [0.25, 0.3) is 0 Å². The summed E-state index contributed by atoms with van der Waals surface area (Å²) in [6.07, 6.45) is 0.268. The number of amides is 2. The van der Waals surface area contributed by atoms with E-state index < -0.39 is 0 Å². The van der Waals surface area contributed by atoms with E-state index in [0.717, 1.165) is 0 Å². The lowest BCUT2D eigenvalue weighted by molar-refractivity contribution is -0.121. The van der Waals surface area contributed by atoms with E-state index in [1.165, 1.54) is 6.92 Å². The number of halogens is 1. The Labute approximate surface area is 118 Å². The predicted octanol–water partition coefficient (Wildman–Crippen LogP) is 2.61. The minimum absolute atomic E-state index is 0.0664. The third-order valence-corrected chi connectivity index (χ3v) is 2.75. The summed E-state index contributed by atoms with van der Waals surface area (Å²) in [6.45, 7) is 5.62. The molecular formula is C14H19ClN2O2. The molecule has 0 heterocycles. The van der Waals surface area contributed by atoms with Crippen molar-refractivity contribution < 1.29 is 9.59 Å². The van der Waals surface area contributed by atoms with E-state index in [9.17, 15) is 9.59 Å². The van der Waals surface area contributed by atoms with Gasteiger partial charge >= 0.3 is 0 Å². The fourth-order valence-corrected chi connectivity index (χ4v) is 1.90. The second-order valence-corrected chi connectivity index (χ2v) is 5.06. The summed E-state index contributed by atoms with van der Waals surface area (Å²) in [5.74, 6) is -0.178. The molecule has 0 atom stereocenters. The molecule has 4 nitrogen and oxygen atoms in total. The number of nitrogens with one attached hydrogen (secondary N) is 1. The van der Waals surface area contributed by atoms with Crippen molar-refractivity contribution in [3.05, 3.63) is 29.3 Å². The first-order valence-corrected chi connectivity index (χ1v) is 6.61. The molecule has 1 rings (SSSR count). The van der Waals surface area contributed by atoms with Crippen LogP contribution in [-0.2, 0) is 9.59 Å². The van der Waals surface area contributed by atoms with Crippen LogP contribution in [0.2, 0.25) is 5.02 Å². The second-order valence-electron chi connectivity index (χ2n) is 4.62. The highest BCUT2D eigenvalue weighted by Gasteiger charge is 2.13. The quantitative estimate of drug-likeness (QED) is 0.902. The summed E-state index contributed by atoms with van der Waals surface area (Å²) in [5.41, 5.74) is 0.706. The van der Waals surface area contributed by atoms with E-state index in [2.05, 4.69) is 5.32 Å². The highest BCUT2D eigenvalue weighted by atomic mass is 35.5. The fourth-order valence-electron chi connectivity index (χ4n) is 1.72. The normalized spacial score (nSPS) is 10.4. The van der Waals surface area contributed by atoms with Gasteiger partial charge in [-0.15, -0.1) is 0 Å². The summed E-state index contributed by atoms with van der Waals surface area (Å²) in [5, 5.41) is 3.36. The number of rotatable bonds is 5. The first-order valence-electron chi connectivity index (χ1n) is 6.23. The van der Waals surface area contributed by atoms with Gasteiger partial charge in [0.1, 0.15) is 0 Å². The van der Waals surface area contributed by atoms with Gasteiger partial charge in [0.2, 0.25) is 11.8 Å². The lowest BCUT2D eigenvalue weighted by Crippen LogP contribution is -2.36. The predicted molar refractivity (Wildman–Crippen MR) is 77.4 cm³/mol. The molecule has 0 fully saturated rings. The van der Waals surface area contributed by atoms with Crippen LogP contribution in [0.3, 0.4) is 0 Å². The first-order chi connectivity index (χ1) is 8.90. The molecule has 0 aromatic heterocycles. The minimum atomic E-state index is -0.111. The Morgan fingerprint density at radius 2 is 2.05 bits per heavy atom. The lowest BCUT2D eigenvalue weighted by atomic mass is 10.2. The van der Waals surface area contributed by atoms with Crippen LogP contribution in [0.4, 0.5) is 5.69 Å². The van der Waals surface area contributed by atoms with Crippen LogP contribution in [0.5, 0.6) is 0 Å². The van der Waals surface area contributed by atoms with Crippen molar-refractivity contribution in [2.24, 2.45) is 0 Å². The molecule has 0 spiro atoms. The van der Waals surface area contributed by atoms with Crippen LogP contribution in [-0.4, -0.2) is 24.4 Å². The van der Waals surface area contributed by atoms with Crippen LogP contribution in [0, 0.1) is 0 Å². The molecule has 0 aliphatic heterocycles. The maximum Gasteiger partial charge on any atom is 0.223 e. The molecule has 19 heavy (non-hydrogen) atoms. The van der Waals surface area contributed by atoms with Crippen molar-refractivity contribution in [3.63, 3.8) is 0 Å². The SMILES string of the molecule is CC(=O)N(CCC(=O)NC(C)C)c1cccc(Cl)c1. The monoisotopic (exact) mass is 282 g/mol. The molecular weight excluding hydrogens is 264 g/mol. The largest absolute Gasteiger partial charge is 0.354 e. The Bertz CT molecular complexity index is 461. The van der Waals surface area contributed by atoms with E-state index in [-0.39, 0.29) is 24.3 Å². The molecule has 1 N–H and O–H groups in total. The van der Waals surface area contributed by atoms with Crippen LogP contribution >= 0.6 is 11.6 Å². The highest BCUT2D eigenvalue weighted by molar-refractivity contribution is 6.30. The minimum Gasteiger partial charge on any atom is -0.354 e. The Hall–Kier alpha value is -1.55. The number of hydrogen-bond donors (Lipinski definition) is 1.